The summed E-state index contributed by atoms with van der Waals surface area (Å²) < 4.78 is 12.9. The van der Waals surface area contributed by atoms with Crippen LogP contribution in [-0.2, 0) is 14.3 Å². The van der Waals surface area contributed by atoms with Crippen LogP contribution in [0.4, 0.5) is 0 Å². The number of aromatic nitrogens is 3. The molecule has 4 aromatic rings. The molecule has 194 valence electrons. The zero-order valence-corrected chi connectivity index (χ0v) is 22.0. The number of nitrogens with zero attached hydrogens (tertiary/aromatic N) is 3. The van der Waals surface area contributed by atoms with Gasteiger partial charge < -0.3 is 9.47 Å². The second-order valence-corrected chi connectivity index (χ2v) is 9.34. The molecule has 1 unspecified atom stereocenters. The van der Waals surface area contributed by atoms with E-state index in [4.69, 9.17) is 9.47 Å². The summed E-state index contributed by atoms with van der Waals surface area (Å²) >= 11 is 0. The van der Waals surface area contributed by atoms with Crippen LogP contribution in [0.25, 0.3) is 28.3 Å². The minimum atomic E-state index is -0.338. The smallest absolute Gasteiger partial charge is 0.330 e. The summed E-state index contributed by atoms with van der Waals surface area (Å²) in [6.07, 6.45) is 7.24. The van der Waals surface area contributed by atoms with Crippen molar-refractivity contribution in [2.45, 2.75) is 45.8 Å². The van der Waals surface area contributed by atoms with Crippen molar-refractivity contribution in [3.8, 4) is 0 Å². The van der Waals surface area contributed by atoms with Crippen LogP contribution in [0.5, 0.6) is 0 Å². The third-order valence-electron chi connectivity index (χ3n) is 6.86. The Bertz CT molecular complexity index is 1450. The maximum absolute atomic E-state index is 11.7. The second-order valence-electron chi connectivity index (χ2n) is 9.34. The van der Waals surface area contributed by atoms with Crippen LogP contribution in [0.3, 0.4) is 0 Å². The standard InChI is InChI=1S/C32H33N3O3/c1-3-27(24-10-6-5-7-11-24)32(25-16-13-23(14-17-25)15-20-31(36)37-4-2)26-18-19-29-28(22-26)33-34-35(29)30-12-8-9-21-38-30/h5-7,10-11,13-20,22,30H,3-4,8-9,12,21H2,1-2H3. The number of carbonyl (C=O) groups excluding carboxylic acids is 1. The Kier molecular flexibility index (Phi) is 8.09. The number of fused-ring (bicyclic) bond motifs is 1. The summed E-state index contributed by atoms with van der Waals surface area (Å²) in [7, 11) is 0. The highest BCUT2D eigenvalue weighted by Crippen LogP contribution is 2.36. The van der Waals surface area contributed by atoms with E-state index in [0.717, 1.165) is 65.6 Å². The Balaban J connectivity index is 1.57. The third-order valence-corrected chi connectivity index (χ3v) is 6.86. The van der Waals surface area contributed by atoms with Gasteiger partial charge in [-0.25, -0.2) is 9.48 Å². The zero-order chi connectivity index (χ0) is 26.3. The van der Waals surface area contributed by atoms with E-state index in [2.05, 4.69) is 71.8 Å². The second kappa shape index (κ2) is 12.0. The molecule has 1 aliphatic heterocycles. The highest BCUT2D eigenvalue weighted by molar-refractivity contribution is 6.00. The summed E-state index contributed by atoms with van der Waals surface area (Å²) in [5.41, 5.74) is 8.56. The van der Waals surface area contributed by atoms with Crippen molar-refractivity contribution in [3.63, 3.8) is 0 Å². The van der Waals surface area contributed by atoms with Crippen molar-refractivity contribution in [2.75, 3.05) is 13.2 Å². The van der Waals surface area contributed by atoms with Gasteiger partial charge in [0.05, 0.1) is 12.1 Å². The fourth-order valence-electron chi connectivity index (χ4n) is 5.02. The van der Waals surface area contributed by atoms with Crippen LogP contribution in [-0.4, -0.2) is 34.2 Å². The molecule has 3 aromatic carbocycles. The maximum Gasteiger partial charge on any atom is 0.330 e. The number of hydrogen-bond donors (Lipinski definition) is 0. The van der Waals surface area contributed by atoms with Gasteiger partial charge in [-0.15, -0.1) is 5.10 Å². The number of ether oxygens (including phenoxy) is 2. The summed E-state index contributed by atoms with van der Waals surface area (Å²) in [5, 5.41) is 8.97. The molecule has 0 radical (unpaired) electrons. The average molecular weight is 508 g/mol. The first kappa shape index (κ1) is 25.6. The van der Waals surface area contributed by atoms with Gasteiger partial charge in [-0.3, -0.25) is 0 Å². The lowest BCUT2D eigenvalue weighted by Crippen LogP contribution is -2.19. The number of hydrogen-bond acceptors (Lipinski definition) is 5. The highest BCUT2D eigenvalue weighted by atomic mass is 16.5. The monoisotopic (exact) mass is 507 g/mol. The van der Waals surface area contributed by atoms with Gasteiger partial charge in [0, 0.05) is 12.7 Å². The van der Waals surface area contributed by atoms with E-state index in [-0.39, 0.29) is 12.2 Å². The molecule has 6 heteroatoms. The van der Waals surface area contributed by atoms with E-state index in [0.29, 0.717) is 6.61 Å². The molecule has 1 aromatic heterocycles. The molecule has 1 aliphatic rings. The number of esters is 1. The molecule has 1 atom stereocenters. The fourth-order valence-corrected chi connectivity index (χ4v) is 5.02. The van der Waals surface area contributed by atoms with E-state index in [1.807, 2.05) is 22.9 Å². The molecule has 0 spiro atoms. The number of benzene rings is 3. The van der Waals surface area contributed by atoms with Gasteiger partial charge in [-0.2, -0.15) is 0 Å². The average Bonchev–Trinajstić information content (AvgIpc) is 3.39. The normalized spacial score (nSPS) is 16.5. The molecule has 1 fully saturated rings. The number of allylic oxidation sites excluding steroid dienone is 1. The Morgan fingerprint density at radius 3 is 2.50 bits per heavy atom. The lowest BCUT2D eigenvalue weighted by Gasteiger charge is -2.22. The molecule has 0 bridgehead atoms. The van der Waals surface area contributed by atoms with Crippen molar-refractivity contribution in [1.82, 2.24) is 15.0 Å². The topological polar surface area (TPSA) is 66.2 Å². The SMILES string of the molecule is CCOC(=O)C=Cc1ccc(C(=C(CC)c2ccccc2)c2ccc3c(c2)nnn3C2CCCCO2)cc1. The van der Waals surface area contributed by atoms with Crippen LogP contribution in [0.15, 0.2) is 78.9 Å². The lowest BCUT2D eigenvalue weighted by atomic mass is 9.87. The van der Waals surface area contributed by atoms with Gasteiger partial charge in [0.2, 0.25) is 0 Å². The molecule has 5 rings (SSSR count). The molecule has 0 amide bonds. The quantitative estimate of drug-likeness (QED) is 0.145. The maximum atomic E-state index is 11.7. The number of rotatable bonds is 8. The molecule has 0 aliphatic carbocycles. The van der Waals surface area contributed by atoms with E-state index < -0.39 is 0 Å². The fraction of sp³-hybridized carbons (Fsp3) is 0.281. The van der Waals surface area contributed by atoms with Crippen molar-refractivity contribution in [2.24, 2.45) is 0 Å². The van der Waals surface area contributed by atoms with Crippen molar-refractivity contribution in [1.29, 1.82) is 0 Å². The van der Waals surface area contributed by atoms with Crippen LogP contribution in [0.1, 0.15) is 68.0 Å². The van der Waals surface area contributed by atoms with Gasteiger partial charge in [0.15, 0.2) is 6.23 Å². The predicted octanol–water partition coefficient (Wildman–Crippen LogP) is 7.08. The van der Waals surface area contributed by atoms with Crippen LogP contribution < -0.4 is 0 Å². The minimum Gasteiger partial charge on any atom is -0.463 e. The van der Waals surface area contributed by atoms with Gasteiger partial charge >= 0.3 is 5.97 Å². The summed E-state index contributed by atoms with van der Waals surface area (Å²) in [6, 6.07) is 25.2. The van der Waals surface area contributed by atoms with Gasteiger partial charge in [-0.1, -0.05) is 72.8 Å². The van der Waals surface area contributed by atoms with Crippen LogP contribution >= 0.6 is 0 Å². The van der Waals surface area contributed by atoms with Crippen molar-refractivity contribution in [3.05, 3.63) is 101 Å². The van der Waals surface area contributed by atoms with Gasteiger partial charge in [0.25, 0.3) is 0 Å². The predicted molar refractivity (Wildman–Crippen MR) is 151 cm³/mol. The Morgan fingerprint density at radius 1 is 1.00 bits per heavy atom. The van der Waals surface area contributed by atoms with Crippen molar-refractivity contribution >= 4 is 34.2 Å². The first-order valence-electron chi connectivity index (χ1n) is 13.4. The molecule has 38 heavy (non-hydrogen) atoms. The van der Waals surface area contributed by atoms with Crippen LogP contribution in [0, 0.1) is 0 Å². The summed E-state index contributed by atoms with van der Waals surface area (Å²) in [4.78, 5) is 11.7. The lowest BCUT2D eigenvalue weighted by molar-refractivity contribution is -0.137. The van der Waals surface area contributed by atoms with Gasteiger partial charge in [0.1, 0.15) is 5.52 Å². The molecule has 1 saturated heterocycles. The summed E-state index contributed by atoms with van der Waals surface area (Å²) in [6.45, 7) is 5.11. The van der Waals surface area contributed by atoms with E-state index in [1.54, 1.807) is 13.0 Å². The van der Waals surface area contributed by atoms with E-state index in [9.17, 15) is 4.79 Å². The highest BCUT2D eigenvalue weighted by Gasteiger charge is 2.20. The molecular weight excluding hydrogens is 474 g/mol. The third kappa shape index (κ3) is 5.60. The molecule has 0 N–H and O–H groups in total. The Labute approximate surface area is 223 Å². The minimum absolute atomic E-state index is 0.0552. The Hall–Kier alpha value is -4.03. The van der Waals surface area contributed by atoms with Crippen molar-refractivity contribution < 1.29 is 14.3 Å². The molecular formula is C32H33N3O3. The van der Waals surface area contributed by atoms with Gasteiger partial charge in [-0.05, 0) is 84.2 Å². The summed E-state index contributed by atoms with van der Waals surface area (Å²) in [5.74, 6) is -0.338. The number of carbonyl (C=O) groups is 1. The first-order chi connectivity index (χ1) is 18.7. The van der Waals surface area contributed by atoms with E-state index >= 15 is 0 Å². The zero-order valence-electron chi connectivity index (χ0n) is 22.0. The largest absolute Gasteiger partial charge is 0.463 e. The van der Waals surface area contributed by atoms with E-state index in [1.165, 1.54) is 17.2 Å². The first-order valence-corrected chi connectivity index (χ1v) is 13.4. The Morgan fingerprint density at radius 2 is 1.79 bits per heavy atom. The van der Waals surface area contributed by atoms with Crippen LogP contribution in [0.2, 0.25) is 0 Å². The molecule has 2 heterocycles. The molecule has 0 saturated carbocycles. The molecule has 6 nitrogen and oxygen atoms in total.